The standard InChI is InChI=1S/C12H19F3N4/c1-4-5-9-18-10(16-3)6-11(19-9)17-8(2)7-12(13,14)15/h6,8H,4-5,7H2,1-3H3,(H2,16,17,18,19). The molecular weight excluding hydrogens is 257 g/mol. The van der Waals surface area contributed by atoms with E-state index in [1.807, 2.05) is 6.92 Å². The number of nitrogens with one attached hydrogen (secondary N) is 2. The van der Waals surface area contributed by atoms with Gasteiger partial charge in [-0.2, -0.15) is 13.2 Å². The van der Waals surface area contributed by atoms with Gasteiger partial charge < -0.3 is 10.6 Å². The number of hydrogen-bond donors (Lipinski definition) is 2. The van der Waals surface area contributed by atoms with Crippen LogP contribution in [0.1, 0.15) is 32.5 Å². The molecule has 0 aliphatic rings. The molecule has 0 saturated heterocycles. The van der Waals surface area contributed by atoms with E-state index in [1.165, 1.54) is 6.92 Å². The van der Waals surface area contributed by atoms with Crippen molar-refractivity contribution in [3.05, 3.63) is 11.9 Å². The van der Waals surface area contributed by atoms with E-state index in [-0.39, 0.29) is 0 Å². The molecule has 0 radical (unpaired) electrons. The molecule has 1 aromatic heterocycles. The van der Waals surface area contributed by atoms with Crippen LogP contribution in [0.2, 0.25) is 0 Å². The van der Waals surface area contributed by atoms with Crippen LogP contribution in [0.5, 0.6) is 0 Å². The molecule has 0 spiro atoms. The zero-order valence-electron chi connectivity index (χ0n) is 11.3. The van der Waals surface area contributed by atoms with Crippen LogP contribution in [0.4, 0.5) is 24.8 Å². The molecule has 0 aliphatic carbocycles. The second-order valence-electron chi connectivity index (χ2n) is 4.42. The molecule has 1 aromatic rings. The van der Waals surface area contributed by atoms with Crippen molar-refractivity contribution in [2.24, 2.45) is 0 Å². The molecule has 0 aromatic carbocycles. The fourth-order valence-electron chi connectivity index (χ4n) is 1.69. The number of alkyl halides is 3. The maximum atomic E-state index is 12.3. The van der Waals surface area contributed by atoms with Crippen molar-refractivity contribution in [3.63, 3.8) is 0 Å². The minimum atomic E-state index is -4.18. The Morgan fingerprint density at radius 3 is 2.42 bits per heavy atom. The first-order chi connectivity index (χ1) is 8.84. The van der Waals surface area contributed by atoms with E-state index in [4.69, 9.17) is 0 Å². The van der Waals surface area contributed by atoms with Crippen LogP contribution in [0.15, 0.2) is 6.07 Å². The summed E-state index contributed by atoms with van der Waals surface area (Å²) >= 11 is 0. The average Bonchev–Trinajstić information content (AvgIpc) is 2.26. The molecule has 0 bridgehead atoms. The van der Waals surface area contributed by atoms with Gasteiger partial charge in [0.1, 0.15) is 17.5 Å². The summed E-state index contributed by atoms with van der Waals surface area (Å²) in [5.41, 5.74) is 0. The predicted molar refractivity (Wildman–Crippen MR) is 69.3 cm³/mol. The Kier molecular flexibility index (Phi) is 5.38. The predicted octanol–water partition coefficient (Wildman–Crippen LogP) is 3.22. The number of halogens is 3. The number of aryl methyl sites for hydroxylation is 1. The summed E-state index contributed by atoms with van der Waals surface area (Å²) in [6.45, 7) is 3.48. The first-order valence-electron chi connectivity index (χ1n) is 6.23. The lowest BCUT2D eigenvalue weighted by Gasteiger charge is -2.17. The summed E-state index contributed by atoms with van der Waals surface area (Å²) in [6.07, 6.45) is -3.50. The third-order valence-corrected chi connectivity index (χ3v) is 2.43. The van der Waals surface area contributed by atoms with Gasteiger partial charge >= 0.3 is 6.18 Å². The molecule has 2 N–H and O–H groups in total. The molecule has 4 nitrogen and oxygen atoms in total. The van der Waals surface area contributed by atoms with E-state index in [0.29, 0.717) is 23.9 Å². The third kappa shape index (κ3) is 5.76. The summed E-state index contributed by atoms with van der Waals surface area (Å²) in [7, 11) is 1.71. The van der Waals surface area contributed by atoms with E-state index in [0.717, 1.165) is 6.42 Å². The van der Waals surface area contributed by atoms with Gasteiger partial charge in [-0.05, 0) is 13.3 Å². The highest BCUT2D eigenvalue weighted by Crippen LogP contribution is 2.23. The van der Waals surface area contributed by atoms with Gasteiger partial charge in [-0.25, -0.2) is 9.97 Å². The number of rotatable bonds is 6. The van der Waals surface area contributed by atoms with Crippen molar-refractivity contribution >= 4 is 11.6 Å². The Hall–Kier alpha value is -1.53. The lowest BCUT2D eigenvalue weighted by atomic mass is 10.2. The van der Waals surface area contributed by atoms with Crippen molar-refractivity contribution in [2.45, 2.75) is 45.3 Å². The first kappa shape index (κ1) is 15.5. The van der Waals surface area contributed by atoms with Gasteiger partial charge in [-0.3, -0.25) is 0 Å². The highest BCUT2D eigenvalue weighted by molar-refractivity contribution is 5.47. The van der Waals surface area contributed by atoms with Crippen LogP contribution in [0.3, 0.4) is 0 Å². The Balaban J connectivity index is 2.79. The number of hydrogen-bond acceptors (Lipinski definition) is 4. The molecule has 0 aliphatic heterocycles. The van der Waals surface area contributed by atoms with Crippen LogP contribution in [0, 0.1) is 0 Å². The normalized spacial score (nSPS) is 13.2. The summed E-state index contributed by atoms with van der Waals surface area (Å²) in [6, 6.07) is 0.876. The summed E-state index contributed by atoms with van der Waals surface area (Å²) < 4.78 is 36.8. The molecule has 0 fully saturated rings. The van der Waals surface area contributed by atoms with E-state index >= 15 is 0 Å². The molecule has 0 saturated carbocycles. The molecule has 7 heteroatoms. The molecule has 1 rings (SSSR count). The molecule has 1 heterocycles. The van der Waals surface area contributed by atoms with E-state index in [2.05, 4.69) is 20.6 Å². The maximum Gasteiger partial charge on any atom is 0.391 e. The molecular formula is C12H19F3N4. The number of nitrogens with zero attached hydrogens (tertiary/aromatic N) is 2. The van der Waals surface area contributed by atoms with E-state index in [9.17, 15) is 13.2 Å². The highest BCUT2D eigenvalue weighted by atomic mass is 19.4. The van der Waals surface area contributed by atoms with Crippen LogP contribution in [-0.4, -0.2) is 29.2 Å². The van der Waals surface area contributed by atoms with Gasteiger partial charge in [0.05, 0.1) is 6.42 Å². The average molecular weight is 276 g/mol. The van der Waals surface area contributed by atoms with Gasteiger partial charge in [0.25, 0.3) is 0 Å². The fourth-order valence-corrected chi connectivity index (χ4v) is 1.69. The topological polar surface area (TPSA) is 49.8 Å². The van der Waals surface area contributed by atoms with Crippen molar-refractivity contribution in [1.29, 1.82) is 0 Å². The summed E-state index contributed by atoms with van der Waals surface area (Å²) in [4.78, 5) is 8.45. The highest BCUT2D eigenvalue weighted by Gasteiger charge is 2.30. The monoisotopic (exact) mass is 276 g/mol. The second kappa shape index (κ2) is 6.58. The third-order valence-electron chi connectivity index (χ3n) is 2.43. The van der Waals surface area contributed by atoms with Crippen LogP contribution in [-0.2, 0) is 6.42 Å². The smallest absolute Gasteiger partial charge is 0.373 e. The van der Waals surface area contributed by atoms with Gasteiger partial charge in [-0.15, -0.1) is 0 Å². The van der Waals surface area contributed by atoms with E-state index < -0.39 is 18.6 Å². The molecule has 1 atom stereocenters. The Labute approximate surface area is 110 Å². The van der Waals surface area contributed by atoms with Crippen molar-refractivity contribution in [2.75, 3.05) is 17.7 Å². The lowest BCUT2D eigenvalue weighted by molar-refractivity contribution is -0.136. The number of anilines is 2. The Morgan fingerprint density at radius 2 is 1.89 bits per heavy atom. The zero-order valence-corrected chi connectivity index (χ0v) is 11.3. The van der Waals surface area contributed by atoms with Crippen molar-refractivity contribution in [3.8, 4) is 0 Å². The Bertz CT molecular complexity index is 406. The van der Waals surface area contributed by atoms with Gasteiger partial charge in [0, 0.05) is 25.6 Å². The second-order valence-corrected chi connectivity index (χ2v) is 4.42. The molecule has 0 amide bonds. The van der Waals surface area contributed by atoms with Crippen LogP contribution < -0.4 is 10.6 Å². The van der Waals surface area contributed by atoms with E-state index in [1.54, 1.807) is 13.1 Å². The van der Waals surface area contributed by atoms with Gasteiger partial charge in [-0.1, -0.05) is 6.92 Å². The van der Waals surface area contributed by atoms with Gasteiger partial charge in [0.15, 0.2) is 0 Å². The number of aromatic nitrogens is 2. The van der Waals surface area contributed by atoms with Gasteiger partial charge in [0.2, 0.25) is 0 Å². The quantitative estimate of drug-likeness (QED) is 0.837. The Morgan fingerprint density at radius 1 is 1.26 bits per heavy atom. The fraction of sp³-hybridized carbons (Fsp3) is 0.667. The van der Waals surface area contributed by atoms with Crippen LogP contribution >= 0.6 is 0 Å². The lowest BCUT2D eigenvalue weighted by Crippen LogP contribution is -2.24. The largest absolute Gasteiger partial charge is 0.391 e. The molecule has 19 heavy (non-hydrogen) atoms. The first-order valence-corrected chi connectivity index (χ1v) is 6.23. The van der Waals surface area contributed by atoms with Crippen molar-refractivity contribution in [1.82, 2.24) is 9.97 Å². The minimum Gasteiger partial charge on any atom is -0.373 e. The van der Waals surface area contributed by atoms with Crippen LogP contribution in [0.25, 0.3) is 0 Å². The maximum absolute atomic E-state index is 12.3. The molecule has 1 unspecified atom stereocenters. The summed E-state index contributed by atoms with van der Waals surface area (Å²) in [5.74, 6) is 1.63. The van der Waals surface area contributed by atoms with Crippen molar-refractivity contribution < 1.29 is 13.2 Å². The SMILES string of the molecule is CCCc1nc(NC)cc(NC(C)CC(F)(F)F)n1. The molecule has 108 valence electrons. The summed E-state index contributed by atoms with van der Waals surface area (Å²) in [5, 5.41) is 5.64. The zero-order chi connectivity index (χ0) is 14.5. The minimum absolute atomic E-state index is 0.416.